The number of nitrogens with zero attached hydrogens (tertiary/aromatic N) is 3. The van der Waals surface area contributed by atoms with E-state index in [1.807, 2.05) is 37.5 Å². The third kappa shape index (κ3) is 2.74. The fourth-order valence-corrected chi connectivity index (χ4v) is 1.79. The lowest BCUT2D eigenvalue weighted by Crippen LogP contribution is -2.35. The van der Waals surface area contributed by atoms with Crippen LogP contribution in [0.4, 0.5) is 5.69 Å². The van der Waals surface area contributed by atoms with Crippen molar-refractivity contribution in [3.63, 3.8) is 0 Å². The molecule has 2 heterocycles. The van der Waals surface area contributed by atoms with Gasteiger partial charge in [-0.3, -0.25) is 0 Å². The molecule has 0 atom stereocenters. The fourth-order valence-electron chi connectivity index (χ4n) is 1.79. The molecule has 1 aromatic heterocycles. The smallest absolute Gasteiger partial charge is 0.109 e. The Kier molecular flexibility index (Phi) is 3.43. The van der Waals surface area contributed by atoms with Gasteiger partial charge in [0.15, 0.2) is 0 Å². The van der Waals surface area contributed by atoms with Gasteiger partial charge in [-0.15, -0.1) is 5.10 Å². The van der Waals surface area contributed by atoms with Gasteiger partial charge in [0.2, 0.25) is 0 Å². The monoisotopic (exact) mass is 260 g/mol. The molecule has 0 radical (unpaired) electrons. The summed E-state index contributed by atoms with van der Waals surface area (Å²) in [5, 5.41) is 11.3. The van der Waals surface area contributed by atoms with Crippen molar-refractivity contribution in [3.05, 3.63) is 36.2 Å². The number of benzene rings is 1. The van der Waals surface area contributed by atoms with E-state index in [2.05, 4.69) is 15.6 Å². The van der Waals surface area contributed by atoms with Gasteiger partial charge in [-0.2, -0.15) is 0 Å². The first-order chi connectivity index (χ1) is 9.35. The van der Waals surface area contributed by atoms with Crippen LogP contribution in [0, 0.1) is 0 Å². The number of aromatic nitrogens is 3. The Bertz CT molecular complexity index is 534. The highest BCUT2D eigenvalue weighted by molar-refractivity contribution is 5.47. The molecule has 2 aromatic rings. The van der Waals surface area contributed by atoms with Gasteiger partial charge in [0, 0.05) is 12.7 Å². The van der Waals surface area contributed by atoms with Crippen LogP contribution in [-0.2, 0) is 16.1 Å². The van der Waals surface area contributed by atoms with Crippen molar-refractivity contribution in [2.24, 2.45) is 0 Å². The Morgan fingerprint density at radius 1 is 1.37 bits per heavy atom. The molecular formula is C13H16N4O2. The second-order valence-corrected chi connectivity index (χ2v) is 4.42. The molecule has 6 heteroatoms. The van der Waals surface area contributed by atoms with Crippen molar-refractivity contribution in [1.29, 1.82) is 0 Å². The van der Waals surface area contributed by atoms with Gasteiger partial charge in [-0.25, -0.2) is 4.68 Å². The van der Waals surface area contributed by atoms with Crippen molar-refractivity contribution < 1.29 is 9.47 Å². The van der Waals surface area contributed by atoms with Gasteiger partial charge < -0.3 is 14.8 Å². The molecule has 1 fully saturated rings. The van der Waals surface area contributed by atoms with E-state index in [1.165, 1.54) is 0 Å². The van der Waals surface area contributed by atoms with Crippen molar-refractivity contribution in [2.75, 3.05) is 25.6 Å². The van der Waals surface area contributed by atoms with E-state index in [4.69, 9.17) is 9.47 Å². The van der Waals surface area contributed by atoms with Crippen molar-refractivity contribution in [3.8, 4) is 5.69 Å². The maximum Gasteiger partial charge on any atom is 0.109 e. The Balaban J connectivity index is 1.65. The lowest BCUT2D eigenvalue weighted by Gasteiger charge is -2.25. The Morgan fingerprint density at radius 3 is 2.79 bits per heavy atom. The molecule has 1 N–H and O–H groups in total. The van der Waals surface area contributed by atoms with Crippen LogP contribution in [0.15, 0.2) is 30.5 Å². The summed E-state index contributed by atoms with van der Waals surface area (Å²) < 4.78 is 12.4. The maximum atomic E-state index is 5.60. The zero-order valence-electron chi connectivity index (χ0n) is 10.7. The normalized spacial score (nSPS) is 15.2. The van der Waals surface area contributed by atoms with E-state index in [-0.39, 0.29) is 6.10 Å². The molecular weight excluding hydrogens is 244 g/mol. The van der Waals surface area contributed by atoms with Crippen molar-refractivity contribution in [2.45, 2.75) is 12.7 Å². The Hall–Kier alpha value is -1.92. The molecule has 100 valence electrons. The lowest BCUT2D eigenvalue weighted by atomic mass is 10.3. The summed E-state index contributed by atoms with van der Waals surface area (Å²) >= 11 is 0. The zero-order chi connectivity index (χ0) is 13.1. The average Bonchev–Trinajstić information content (AvgIpc) is 2.86. The van der Waals surface area contributed by atoms with E-state index < -0.39 is 0 Å². The van der Waals surface area contributed by atoms with E-state index in [1.54, 1.807) is 4.68 Å². The largest absolute Gasteiger partial charge is 0.388 e. The number of nitrogens with one attached hydrogen (secondary N) is 1. The van der Waals surface area contributed by atoms with Crippen LogP contribution in [0.5, 0.6) is 0 Å². The minimum Gasteiger partial charge on any atom is -0.388 e. The Labute approximate surface area is 111 Å². The van der Waals surface area contributed by atoms with Crippen LogP contribution in [-0.4, -0.2) is 41.4 Å². The minimum absolute atomic E-state index is 0.208. The van der Waals surface area contributed by atoms with Crippen LogP contribution in [0.1, 0.15) is 5.69 Å². The van der Waals surface area contributed by atoms with Gasteiger partial charge in [0.1, 0.15) is 11.8 Å². The predicted molar refractivity (Wildman–Crippen MR) is 70.3 cm³/mol. The third-order valence-electron chi connectivity index (χ3n) is 3.04. The zero-order valence-corrected chi connectivity index (χ0v) is 10.7. The van der Waals surface area contributed by atoms with Crippen molar-refractivity contribution in [1.82, 2.24) is 15.0 Å². The summed E-state index contributed by atoms with van der Waals surface area (Å²) in [6, 6.07) is 7.98. The van der Waals surface area contributed by atoms with Crippen LogP contribution in [0.25, 0.3) is 5.69 Å². The highest BCUT2D eigenvalue weighted by atomic mass is 16.6. The molecule has 1 aliphatic heterocycles. The van der Waals surface area contributed by atoms with E-state index in [0.717, 1.165) is 17.1 Å². The molecule has 0 saturated carbocycles. The first-order valence-electron chi connectivity index (χ1n) is 6.24. The topological polar surface area (TPSA) is 61.2 Å². The summed E-state index contributed by atoms with van der Waals surface area (Å²) in [6.07, 6.45) is 2.09. The van der Waals surface area contributed by atoms with Crippen LogP contribution in [0.3, 0.4) is 0 Å². The molecule has 1 aromatic carbocycles. The lowest BCUT2D eigenvalue weighted by molar-refractivity contribution is -0.135. The predicted octanol–water partition coefficient (Wildman–Crippen LogP) is 1.22. The van der Waals surface area contributed by atoms with E-state index in [9.17, 15) is 0 Å². The first-order valence-corrected chi connectivity index (χ1v) is 6.24. The highest BCUT2D eigenvalue weighted by Crippen LogP contribution is 2.13. The average molecular weight is 260 g/mol. The summed E-state index contributed by atoms with van der Waals surface area (Å²) in [5.41, 5.74) is 2.87. The maximum absolute atomic E-state index is 5.60. The second-order valence-electron chi connectivity index (χ2n) is 4.42. The van der Waals surface area contributed by atoms with Crippen LogP contribution in [0.2, 0.25) is 0 Å². The summed E-state index contributed by atoms with van der Waals surface area (Å²) in [4.78, 5) is 0. The molecule has 0 unspecified atom stereocenters. The van der Waals surface area contributed by atoms with Crippen LogP contribution < -0.4 is 5.32 Å². The van der Waals surface area contributed by atoms with Crippen LogP contribution >= 0.6 is 0 Å². The molecule has 0 bridgehead atoms. The van der Waals surface area contributed by atoms with Crippen molar-refractivity contribution >= 4 is 5.69 Å². The molecule has 0 amide bonds. The quantitative estimate of drug-likeness (QED) is 0.876. The van der Waals surface area contributed by atoms with Gasteiger partial charge in [0.25, 0.3) is 0 Å². The molecule has 0 aliphatic carbocycles. The van der Waals surface area contributed by atoms with E-state index in [0.29, 0.717) is 19.8 Å². The summed E-state index contributed by atoms with van der Waals surface area (Å²) in [6.45, 7) is 1.84. The molecule has 0 spiro atoms. The number of hydrogen-bond acceptors (Lipinski definition) is 5. The summed E-state index contributed by atoms with van der Waals surface area (Å²) in [7, 11) is 1.89. The van der Waals surface area contributed by atoms with Gasteiger partial charge in [-0.1, -0.05) is 5.21 Å². The third-order valence-corrected chi connectivity index (χ3v) is 3.04. The number of rotatable bonds is 5. The molecule has 6 nitrogen and oxygen atoms in total. The van der Waals surface area contributed by atoms with Gasteiger partial charge >= 0.3 is 0 Å². The standard InChI is InChI=1S/C13H16N4O2/c1-14-10-2-4-12(5-3-10)17-6-11(15-16-17)7-19-13-8-18-9-13/h2-6,13-14H,7-9H2,1H3. The minimum atomic E-state index is 0.208. The first kappa shape index (κ1) is 12.1. The molecule has 1 saturated heterocycles. The molecule has 19 heavy (non-hydrogen) atoms. The number of hydrogen-bond donors (Lipinski definition) is 1. The summed E-state index contributed by atoms with van der Waals surface area (Å²) in [5.74, 6) is 0. The fraction of sp³-hybridized carbons (Fsp3) is 0.385. The van der Waals surface area contributed by atoms with Gasteiger partial charge in [0.05, 0.1) is 31.7 Å². The highest BCUT2D eigenvalue weighted by Gasteiger charge is 2.19. The van der Waals surface area contributed by atoms with E-state index >= 15 is 0 Å². The van der Waals surface area contributed by atoms with Gasteiger partial charge in [-0.05, 0) is 24.3 Å². The number of anilines is 1. The SMILES string of the molecule is CNc1ccc(-n2cc(COC3COC3)nn2)cc1. The second kappa shape index (κ2) is 5.38. The number of ether oxygens (including phenoxy) is 2. The Morgan fingerprint density at radius 2 is 2.16 bits per heavy atom. The molecule has 3 rings (SSSR count). The molecule has 1 aliphatic rings.